The molecule has 1 aromatic rings. The first-order chi connectivity index (χ1) is 8.14. The summed E-state index contributed by atoms with van der Waals surface area (Å²) >= 11 is 0. The number of hydrogen-bond acceptors (Lipinski definition) is 4. The molecular weight excluding hydrogens is 218 g/mol. The summed E-state index contributed by atoms with van der Waals surface area (Å²) in [5.41, 5.74) is -0.451. The van der Waals surface area contributed by atoms with Crippen LogP contribution in [-0.4, -0.2) is 20.1 Å². The third kappa shape index (κ3) is 1.86. The quantitative estimate of drug-likeness (QED) is 0.816. The van der Waals surface area contributed by atoms with Gasteiger partial charge in [-0.25, -0.2) is 0 Å². The lowest BCUT2D eigenvalue weighted by atomic mass is 9.63. The molecule has 1 aromatic heterocycles. The second-order valence-corrected chi connectivity index (χ2v) is 4.67. The van der Waals surface area contributed by atoms with E-state index in [0.717, 1.165) is 30.8 Å². The maximum absolute atomic E-state index is 12.0. The van der Waals surface area contributed by atoms with Gasteiger partial charge in [-0.1, -0.05) is 6.42 Å². The van der Waals surface area contributed by atoms with Crippen LogP contribution in [0.4, 0.5) is 0 Å². The molecule has 1 aliphatic rings. The van der Waals surface area contributed by atoms with Crippen LogP contribution >= 0.6 is 0 Å². The van der Waals surface area contributed by atoms with E-state index in [1.54, 1.807) is 0 Å². The minimum absolute atomic E-state index is 0.0996. The second kappa shape index (κ2) is 4.53. The van der Waals surface area contributed by atoms with E-state index in [2.05, 4.69) is 5.32 Å². The molecule has 94 valence electrons. The van der Waals surface area contributed by atoms with Gasteiger partial charge in [0.05, 0.1) is 18.6 Å². The Bertz CT molecular complexity index is 407. The first kappa shape index (κ1) is 12.2. The fourth-order valence-corrected chi connectivity index (χ4v) is 2.67. The molecule has 1 atom stereocenters. The van der Waals surface area contributed by atoms with Crippen LogP contribution in [0.5, 0.6) is 0 Å². The fraction of sp³-hybridized carbons (Fsp3) is 0.615. The zero-order chi connectivity index (χ0) is 12.5. The maximum Gasteiger partial charge on any atom is 0.313 e. The van der Waals surface area contributed by atoms with E-state index >= 15 is 0 Å². The molecule has 4 nitrogen and oxygen atoms in total. The van der Waals surface area contributed by atoms with E-state index in [1.807, 2.05) is 26.1 Å². The summed E-state index contributed by atoms with van der Waals surface area (Å²) in [6, 6.07) is 3.75. The predicted octanol–water partition coefficient (Wildman–Crippen LogP) is 2.19. The third-order valence-corrected chi connectivity index (χ3v) is 3.72. The molecule has 4 heteroatoms. The van der Waals surface area contributed by atoms with Gasteiger partial charge in [0.1, 0.15) is 11.5 Å². The van der Waals surface area contributed by atoms with E-state index < -0.39 is 5.41 Å². The molecule has 1 heterocycles. The molecule has 0 aromatic carbocycles. The molecule has 1 unspecified atom stereocenters. The average molecular weight is 237 g/mol. The van der Waals surface area contributed by atoms with Crippen molar-refractivity contribution in [2.24, 2.45) is 5.41 Å². The topological polar surface area (TPSA) is 51.5 Å². The van der Waals surface area contributed by atoms with Crippen molar-refractivity contribution in [1.29, 1.82) is 0 Å². The minimum atomic E-state index is -0.451. The number of carbonyl (C=O) groups excluding carboxylic acids is 1. The van der Waals surface area contributed by atoms with Crippen molar-refractivity contribution in [3.63, 3.8) is 0 Å². The van der Waals surface area contributed by atoms with Gasteiger partial charge in [0.25, 0.3) is 0 Å². The van der Waals surface area contributed by atoms with Crippen molar-refractivity contribution in [2.45, 2.75) is 32.2 Å². The number of ether oxygens (including phenoxy) is 1. The number of methoxy groups -OCH3 is 1. The van der Waals surface area contributed by atoms with Crippen molar-refractivity contribution >= 4 is 5.97 Å². The summed E-state index contributed by atoms with van der Waals surface area (Å²) in [4.78, 5) is 12.0. The number of hydrogen-bond donors (Lipinski definition) is 1. The van der Waals surface area contributed by atoms with Crippen molar-refractivity contribution < 1.29 is 13.9 Å². The molecule has 1 N–H and O–H groups in total. The Balaban J connectivity index is 2.31. The van der Waals surface area contributed by atoms with Crippen LogP contribution in [0.25, 0.3) is 0 Å². The van der Waals surface area contributed by atoms with Gasteiger partial charge < -0.3 is 14.5 Å². The van der Waals surface area contributed by atoms with Crippen LogP contribution in [0, 0.1) is 12.3 Å². The summed E-state index contributed by atoms with van der Waals surface area (Å²) in [6.07, 6.45) is 2.77. The van der Waals surface area contributed by atoms with Crippen LogP contribution in [-0.2, 0) is 9.53 Å². The van der Waals surface area contributed by atoms with E-state index in [1.165, 1.54) is 7.11 Å². The average Bonchev–Trinajstić information content (AvgIpc) is 2.68. The molecule has 17 heavy (non-hydrogen) atoms. The Morgan fingerprint density at radius 2 is 2.24 bits per heavy atom. The van der Waals surface area contributed by atoms with Crippen LogP contribution in [0.1, 0.15) is 36.8 Å². The molecule has 0 radical (unpaired) electrons. The Morgan fingerprint density at radius 3 is 2.59 bits per heavy atom. The summed E-state index contributed by atoms with van der Waals surface area (Å²) < 4.78 is 10.6. The molecule has 0 saturated heterocycles. The van der Waals surface area contributed by atoms with Crippen molar-refractivity contribution in [1.82, 2.24) is 5.32 Å². The van der Waals surface area contributed by atoms with Gasteiger partial charge in [0.2, 0.25) is 0 Å². The predicted molar refractivity (Wildman–Crippen MR) is 63.5 cm³/mol. The number of aryl methyl sites for hydroxylation is 1. The van der Waals surface area contributed by atoms with Crippen molar-refractivity contribution in [2.75, 3.05) is 14.2 Å². The lowest BCUT2D eigenvalue weighted by molar-refractivity contribution is -0.162. The molecule has 0 spiro atoms. The smallest absolute Gasteiger partial charge is 0.313 e. The minimum Gasteiger partial charge on any atom is -0.469 e. The highest BCUT2D eigenvalue weighted by atomic mass is 16.5. The molecule has 0 amide bonds. The van der Waals surface area contributed by atoms with Gasteiger partial charge >= 0.3 is 5.97 Å². The number of nitrogens with one attached hydrogen (secondary N) is 1. The van der Waals surface area contributed by atoms with E-state index in [4.69, 9.17) is 9.15 Å². The van der Waals surface area contributed by atoms with Crippen LogP contribution < -0.4 is 5.32 Å². The van der Waals surface area contributed by atoms with Gasteiger partial charge in [0, 0.05) is 0 Å². The molecule has 0 bridgehead atoms. The van der Waals surface area contributed by atoms with Gasteiger partial charge in [0.15, 0.2) is 0 Å². The zero-order valence-corrected chi connectivity index (χ0v) is 10.6. The molecular formula is C13H19NO3. The van der Waals surface area contributed by atoms with Crippen molar-refractivity contribution in [3.05, 3.63) is 23.7 Å². The lowest BCUT2D eigenvalue weighted by Gasteiger charge is -2.43. The van der Waals surface area contributed by atoms with Crippen LogP contribution in [0.2, 0.25) is 0 Å². The summed E-state index contributed by atoms with van der Waals surface area (Å²) in [5.74, 6) is 1.53. The largest absolute Gasteiger partial charge is 0.469 e. The highest BCUT2D eigenvalue weighted by Crippen LogP contribution is 2.51. The summed E-state index contributed by atoms with van der Waals surface area (Å²) in [5, 5.41) is 3.20. The molecule has 1 fully saturated rings. The maximum atomic E-state index is 12.0. The lowest BCUT2D eigenvalue weighted by Crippen LogP contribution is -2.48. The van der Waals surface area contributed by atoms with Gasteiger partial charge in [-0.15, -0.1) is 0 Å². The third-order valence-electron chi connectivity index (χ3n) is 3.72. The van der Waals surface area contributed by atoms with Gasteiger partial charge in [-0.05, 0) is 38.9 Å². The standard InChI is InChI=1S/C13H19NO3/c1-9-5-6-10(17-9)11(14-2)13(7-4-8-13)12(15)16-3/h5-6,11,14H,4,7-8H2,1-3H3. The highest BCUT2D eigenvalue weighted by molar-refractivity contribution is 5.79. The SMILES string of the molecule is CNC(c1ccc(C)o1)C1(C(=O)OC)CCC1. The summed E-state index contributed by atoms with van der Waals surface area (Å²) in [6.45, 7) is 1.90. The van der Waals surface area contributed by atoms with Crippen LogP contribution in [0.15, 0.2) is 16.5 Å². The van der Waals surface area contributed by atoms with Gasteiger partial charge in [-0.3, -0.25) is 4.79 Å². The number of esters is 1. The Labute approximate surface area is 101 Å². The molecule has 1 aliphatic carbocycles. The fourth-order valence-electron chi connectivity index (χ4n) is 2.67. The molecule has 2 rings (SSSR count). The van der Waals surface area contributed by atoms with Crippen LogP contribution in [0.3, 0.4) is 0 Å². The number of carbonyl (C=O) groups is 1. The second-order valence-electron chi connectivity index (χ2n) is 4.67. The molecule has 1 saturated carbocycles. The summed E-state index contributed by atoms with van der Waals surface area (Å²) in [7, 11) is 3.30. The van der Waals surface area contributed by atoms with E-state index in [9.17, 15) is 4.79 Å². The Kier molecular flexibility index (Phi) is 3.24. The van der Waals surface area contributed by atoms with E-state index in [-0.39, 0.29) is 12.0 Å². The normalized spacial score (nSPS) is 19.5. The Morgan fingerprint density at radius 1 is 1.53 bits per heavy atom. The first-order valence-electron chi connectivity index (χ1n) is 5.96. The van der Waals surface area contributed by atoms with E-state index in [0.29, 0.717) is 0 Å². The molecule has 0 aliphatic heterocycles. The number of rotatable bonds is 4. The first-order valence-corrected chi connectivity index (χ1v) is 5.96. The highest BCUT2D eigenvalue weighted by Gasteiger charge is 2.52. The Hall–Kier alpha value is -1.29. The van der Waals surface area contributed by atoms with Crippen molar-refractivity contribution in [3.8, 4) is 0 Å². The monoisotopic (exact) mass is 237 g/mol. The van der Waals surface area contributed by atoms with Gasteiger partial charge in [-0.2, -0.15) is 0 Å². The number of furan rings is 1. The zero-order valence-electron chi connectivity index (χ0n) is 10.6.